The molecular formula is C10H16N4O. The van der Waals surface area contributed by atoms with E-state index < -0.39 is 0 Å². The second-order valence-electron chi connectivity index (χ2n) is 4.52. The van der Waals surface area contributed by atoms with Crippen molar-refractivity contribution in [1.29, 1.82) is 0 Å². The predicted molar refractivity (Wildman–Crippen MR) is 56.0 cm³/mol. The summed E-state index contributed by atoms with van der Waals surface area (Å²) >= 11 is 0. The van der Waals surface area contributed by atoms with Crippen molar-refractivity contribution >= 4 is 5.91 Å². The van der Waals surface area contributed by atoms with Crippen molar-refractivity contribution in [1.82, 2.24) is 5.32 Å². The Morgan fingerprint density at radius 2 is 2.13 bits per heavy atom. The lowest BCUT2D eigenvalue weighted by molar-refractivity contribution is -0.125. The molecule has 0 saturated heterocycles. The molecule has 0 heterocycles. The molecule has 0 aromatic heterocycles. The highest BCUT2D eigenvalue weighted by molar-refractivity contribution is 5.79. The van der Waals surface area contributed by atoms with Crippen LogP contribution in [-0.4, -0.2) is 19.0 Å². The topological polar surface area (TPSA) is 77.9 Å². The standard InChI is InChI=1S/C10H16N4O/c11-14-13-3-1-2-12-10(15)9-5-7-4-8(7)6-9/h7-9H,1-6H2,(H,12,15). The van der Waals surface area contributed by atoms with E-state index in [0.717, 1.165) is 31.1 Å². The Morgan fingerprint density at radius 1 is 1.40 bits per heavy atom. The van der Waals surface area contributed by atoms with Crippen molar-refractivity contribution in [3.63, 3.8) is 0 Å². The van der Waals surface area contributed by atoms with E-state index in [9.17, 15) is 4.79 Å². The first-order valence-corrected chi connectivity index (χ1v) is 5.60. The molecular weight excluding hydrogens is 192 g/mol. The van der Waals surface area contributed by atoms with Gasteiger partial charge in [-0.3, -0.25) is 4.79 Å². The largest absolute Gasteiger partial charge is 0.356 e. The Morgan fingerprint density at radius 3 is 2.80 bits per heavy atom. The average molecular weight is 208 g/mol. The van der Waals surface area contributed by atoms with Gasteiger partial charge in [0.15, 0.2) is 0 Å². The van der Waals surface area contributed by atoms with Gasteiger partial charge in [0, 0.05) is 23.9 Å². The summed E-state index contributed by atoms with van der Waals surface area (Å²) < 4.78 is 0. The van der Waals surface area contributed by atoms with E-state index in [1.165, 1.54) is 6.42 Å². The summed E-state index contributed by atoms with van der Waals surface area (Å²) in [6.45, 7) is 1.09. The van der Waals surface area contributed by atoms with E-state index >= 15 is 0 Å². The van der Waals surface area contributed by atoms with E-state index in [2.05, 4.69) is 15.3 Å². The molecule has 2 atom stereocenters. The summed E-state index contributed by atoms with van der Waals surface area (Å²) in [6, 6.07) is 0. The molecule has 1 amide bonds. The molecule has 0 aromatic carbocycles. The summed E-state index contributed by atoms with van der Waals surface area (Å²) in [6.07, 6.45) is 4.26. The molecule has 5 nitrogen and oxygen atoms in total. The van der Waals surface area contributed by atoms with Crippen molar-refractivity contribution in [2.45, 2.75) is 25.7 Å². The minimum atomic E-state index is 0.197. The van der Waals surface area contributed by atoms with Crippen LogP contribution in [0.4, 0.5) is 0 Å². The Hall–Kier alpha value is -1.22. The number of nitrogens with zero attached hydrogens (tertiary/aromatic N) is 3. The lowest BCUT2D eigenvalue weighted by atomic mass is 10.0. The first-order chi connectivity index (χ1) is 7.31. The molecule has 2 aliphatic carbocycles. The van der Waals surface area contributed by atoms with E-state index in [1.807, 2.05) is 0 Å². The van der Waals surface area contributed by atoms with Gasteiger partial charge in [0.05, 0.1) is 0 Å². The van der Waals surface area contributed by atoms with Crippen LogP contribution in [0.3, 0.4) is 0 Å². The smallest absolute Gasteiger partial charge is 0.223 e. The molecule has 0 aliphatic heterocycles. The number of hydrogen-bond donors (Lipinski definition) is 1. The van der Waals surface area contributed by atoms with Crippen molar-refractivity contribution in [3.8, 4) is 0 Å². The third-order valence-corrected chi connectivity index (χ3v) is 3.41. The molecule has 5 heteroatoms. The molecule has 2 fully saturated rings. The second-order valence-corrected chi connectivity index (χ2v) is 4.52. The molecule has 0 bridgehead atoms. The van der Waals surface area contributed by atoms with Crippen LogP contribution in [0.15, 0.2) is 5.11 Å². The van der Waals surface area contributed by atoms with Gasteiger partial charge in [0.25, 0.3) is 0 Å². The van der Waals surface area contributed by atoms with Gasteiger partial charge in [-0.15, -0.1) is 0 Å². The first-order valence-electron chi connectivity index (χ1n) is 5.60. The van der Waals surface area contributed by atoms with Gasteiger partial charge in [-0.05, 0) is 43.1 Å². The summed E-state index contributed by atoms with van der Waals surface area (Å²) in [5.74, 6) is 2.16. The fraction of sp³-hybridized carbons (Fsp3) is 0.900. The van der Waals surface area contributed by atoms with Gasteiger partial charge in [0.1, 0.15) is 0 Å². The quantitative estimate of drug-likeness (QED) is 0.318. The Balaban J connectivity index is 1.58. The monoisotopic (exact) mass is 208 g/mol. The number of azide groups is 1. The Bertz CT molecular complexity index is 288. The minimum Gasteiger partial charge on any atom is -0.356 e. The molecule has 0 radical (unpaired) electrons. The van der Waals surface area contributed by atoms with Gasteiger partial charge in [0.2, 0.25) is 5.91 Å². The number of rotatable bonds is 5. The van der Waals surface area contributed by atoms with Gasteiger partial charge in [-0.1, -0.05) is 5.11 Å². The van der Waals surface area contributed by atoms with E-state index in [4.69, 9.17) is 5.53 Å². The van der Waals surface area contributed by atoms with Gasteiger partial charge in [-0.2, -0.15) is 0 Å². The molecule has 1 N–H and O–H groups in total. The lowest BCUT2D eigenvalue weighted by Gasteiger charge is -2.11. The number of hydrogen-bond acceptors (Lipinski definition) is 2. The number of carbonyl (C=O) groups excluding carboxylic acids is 1. The third kappa shape index (κ3) is 2.63. The number of nitrogens with one attached hydrogen (secondary N) is 1. The SMILES string of the molecule is [N-]=[N+]=NCCCNC(=O)C1CC2CC2C1. The average Bonchev–Trinajstić information content (AvgIpc) is 2.85. The zero-order valence-electron chi connectivity index (χ0n) is 8.72. The first kappa shape index (κ1) is 10.3. The summed E-state index contributed by atoms with van der Waals surface area (Å²) in [5.41, 5.74) is 8.05. The highest BCUT2D eigenvalue weighted by atomic mass is 16.1. The maximum absolute atomic E-state index is 11.6. The fourth-order valence-corrected chi connectivity index (χ4v) is 2.48. The third-order valence-electron chi connectivity index (χ3n) is 3.41. The Labute approximate surface area is 88.9 Å². The highest BCUT2D eigenvalue weighted by Crippen LogP contribution is 2.54. The van der Waals surface area contributed by atoms with Crippen molar-refractivity contribution < 1.29 is 4.79 Å². The fourth-order valence-electron chi connectivity index (χ4n) is 2.48. The van der Waals surface area contributed by atoms with Crippen molar-refractivity contribution in [2.24, 2.45) is 22.9 Å². The summed E-state index contributed by atoms with van der Waals surface area (Å²) in [4.78, 5) is 14.3. The van der Waals surface area contributed by atoms with Crippen LogP contribution in [-0.2, 0) is 4.79 Å². The molecule has 82 valence electrons. The molecule has 0 spiro atoms. The zero-order chi connectivity index (χ0) is 10.7. The Kier molecular flexibility index (Phi) is 3.11. The van der Waals surface area contributed by atoms with E-state index in [0.29, 0.717) is 13.1 Å². The predicted octanol–water partition coefficient (Wildman–Crippen LogP) is 1.85. The van der Waals surface area contributed by atoms with Crippen LogP contribution in [0.1, 0.15) is 25.7 Å². The second kappa shape index (κ2) is 4.53. The normalized spacial score (nSPS) is 31.6. The van der Waals surface area contributed by atoms with E-state index in [-0.39, 0.29) is 11.8 Å². The highest BCUT2D eigenvalue weighted by Gasteiger charge is 2.47. The van der Waals surface area contributed by atoms with Gasteiger partial charge < -0.3 is 5.32 Å². The molecule has 2 aliphatic rings. The van der Waals surface area contributed by atoms with Crippen LogP contribution in [0, 0.1) is 17.8 Å². The van der Waals surface area contributed by atoms with Gasteiger partial charge in [-0.25, -0.2) is 0 Å². The number of carbonyl (C=O) groups is 1. The maximum Gasteiger partial charge on any atom is 0.223 e. The molecule has 2 saturated carbocycles. The minimum absolute atomic E-state index is 0.197. The summed E-state index contributed by atoms with van der Waals surface area (Å²) in [5, 5.41) is 6.32. The van der Waals surface area contributed by atoms with Crippen LogP contribution < -0.4 is 5.32 Å². The molecule has 2 rings (SSSR count). The molecule has 0 aromatic rings. The van der Waals surface area contributed by atoms with E-state index in [1.54, 1.807) is 0 Å². The van der Waals surface area contributed by atoms with Crippen LogP contribution in [0.5, 0.6) is 0 Å². The van der Waals surface area contributed by atoms with Crippen LogP contribution >= 0.6 is 0 Å². The van der Waals surface area contributed by atoms with Crippen LogP contribution in [0.25, 0.3) is 10.4 Å². The lowest BCUT2D eigenvalue weighted by Crippen LogP contribution is -2.31. The molecule has 2 unspecified atom stereocenters. The van der Waals surface area contributed by atoms with Crippen molar-refractivity contribution in [3.05, 3.63) is 10.4 Å². The zero-order valence-corrected chi connectivity index (χ0v) is 8.72. The summed E-state index contributed by atoms with van der Waals surface area (Å²) in [7, 11) is 0. The van der Waals surface area contributed by atoms with Crippen molar-refractivity contribution in [2.75, 3.05) is 13.1 Å². The molecule has 15 heavy (non-hydrogen) atoms. The maximum atomic E-state index is 11.6. The number of fused-ring (bicyclic) bond motifs is 1. The number of amides is 1. The van der Waals surface area contributed by atoms with Crippen LogP contribution in [0.2, 0.25) is 0 Å². The van der Waals surface area contributed by atoms with Gasteiger partial charge >= 0.3 is 0 Å².